The van der Waals surface area contributed by atoms with Gasteiger partial charge >= 0.3 is 0 Å². The molecule has 0 aliphatic heterocycles. The average molecular weight is 360 g/mol. The van der Waals surface area contributed by atoms with E-state index in [9.17, 15) is 14.4 Å². The molecule has 0 aliphatic carbocycles. The maximum atomic E-state index is 12.5. The summed E-state index contributed by atoms with van der Waals surface area (Å²) in [5.41, 5.74) is 1.97. The molecule has 0 spiro atoms. The summed E-state index contributed by atoms with van der Waals surface area (Å²) in [6.07, 6.45) is 0. The summed E-state index contributed by atoms with van der Waals surface area (Å²) >= 11 is 0. The van der Waals surface area contributed by atoms with Gasteiger partial charge in [-0.15, -0.1) is 0 Å². The first-order valence-electron chi connectivity index (χ1n) is 8.41. The molecule has 0 atom stereocenters. The summed E-state index contributed by atoms with van der Waals surface area (Å²) in [5, 5.41) is 4.12. The normalized spacial score (nSPS) is 11.0. The SMILES string of the molecule is Cc1cc(=O)[nH]c2cc(C(=O)NCc3nc4ccccc4c(=O)[nH]3)ccc12. The van der Waals surface area contributed by atoms with Crippen molar-refractivity contribution in [1.29, 1.82) is 0 Å². The van der Waals surface area contributed by atoms with Crippen LogP contribution in [0.2, 0.25) is 0 Å². The molecule has 4 aromatic rings. The number of nitrogens with zero attached hydrogens (tertiary/aromatic N) is 1. The number of hydrogen-bond donors (Lipinski definition) is 3. The molecule has 27 heavy (non-hydrogen) atoms. The number of aromatic nitrogens is 3. The highest BCUT2D eigenvalue weighted by Gasteiger charge is 2.09. The minimum atomic E-state index is -0.324. The standard InChI is InChI=1S/C20H16N4O3/c1-11-8-18(25)23-16-9-12(6-7-13(11)16)19(26)21-10-17-22-15-5-3-2-4-14(15)20(27)24-17/h2-9H,10H2,1H3,(H,21,26)(H,23,25)(H,22,24,27). The monoisotopic (exact) mass is 360 g/mol. The number of hydrogen-bond acceptors (Lipinski definition) is 4. The fourth-order valence-electron chi connectivity index (χ4n) is 3.06. The van der Waals surface area contributed by atoms with Gasteiger partial charge in [-0.25, -0.2) is 4.98 Å². The highest BCUT2D eigenvalue weighted by molar-refractivity contribution is 5.98. The van der Waals surface area contributed by atoms with Crippen LogP contribution in [-0.4, -0.2) is 20.9 Å². The van der Waals surface area contributed by atoms with E-state index >= 15 is 0 Å². The van der Waals surface area contributed by atoms with Crippen LogP contribution in [0.25, 0.3) is 21.8 Å². The van der Waals surface area contributed by atoms with E-state index in [0.29, 0.717) is 27.8 Å². The van der Waals surface area contributed by atoms with Gasteiger partial charge in [-0.3, -0.25) is 14.4 Å². The molecule has 2 aromatic heterocycles. The highest BCUT2D eigenvalue weighted by Crippen LogP contribution is 2.16. The number of pyridine rings is 1. The molecular formula is C20H16N4O3. The van der Waals surface area contributed by atoms with Gasteiger partial charge in [0.1, 0.15) is 5.82 Å². The van der Waals surface area contributed by atoms with Crippen LogP contribution in [0.5, 0.6) is 0 Å². The lowest BCUT2D eigenvalue weighted by Crippen LogP contribution is -2.25. The molecule has 0 saturated carbocycles. The molecule has 4 rings (SSSR count). The van der Waals surface area contributed by atoms with E-state index in [-0.39, 0.29) is 23.6 Å². The highest BCUT2D eigenvalue weighted by atomic mass is 16.2. The molecule has 7 nitrogen and oxygen atoms in total. The Morgan fingerprint density at radius 2 is 1.85 bits per heavy atom. The predicted octanol–water partition coefficient (Wildman–Crippen LogP) is 2.00. The van der Waals surface area contributed by atoms with Crippen molar-refractivity contribution >= 4 is 27.7 Å². The van der Waals surface area contributed by atoms with Gasteiger partial charge in [0.15, 0.2) is 0 Å². The number of aromatic amines is 2. The molecule has 134 valence electrons. The number of carbonyl (C=O) groups excluding carboxylic acids is 1. The number of H-pyrrole nitrogens is 2. The van der Waals surface area contributed by atoms with Gasteiger partial charge in [0.25, 0.3) is 11.5 Å². The molecule has 0 aliphatic rings. The number of para-hydroxylation sites is 1. The van der Waals surface area contributed by atoms with Gasteiger partial charge < -0.3 is 15.3 Å². The van der Waals surface area contributed by atoms with E-state index < -0.39 is 0 Å². The topological polar surface area (TPSA) is 108 Å². The molecular weight excluding hydrogens is 344 g/mol. The number of amides is 1. The maximum absolute atomic E-state index is 12.5. The minimum Gasteiger partial charge on any atom is -0.345 e. The first-order valence-corrected chi connectivity index (χ1v) is 8.41. The Labute approximate surface area is 153 Å². The van der Waals surface area contributed by atoms with Crippen LogP contribution in [0.4, 0.5) is 0 Å². The van der Waals surface area contributed by atoms with Crippen LogP contribution >= 0.6 is 0 Å². The van der Waals surface area contributed by atoms with Gasteiger partial charge in [-0.05, 0) is 36.8 Å². The number of fused-ring (bicyclic) bond motifs is 2. The van der Waals surface area contributed by atoms with E-state index in [4.69, 9.17) is 0 Å². The first-order chi connectivity index (χ1) is 13.0. The minimum absolute atomic E-state index is 0.0846. The maximum Gasteiger partial charge on any atom is 0.258 e. The first kappa shape index (κ1) is 16.7. The lowest BCUT2D eigenvalue weighted by molar-refractivity contribution is 0.0950. The molecule has 1 amide bonds. The van der Waals surface area contributed by atoms with E-state index in [0.717, 1.165) is 10.9 Å². The Kier molecular flexibility index (Phi) is 4.04. The zero-order valence-corrected chi connectivity index (χ0v) is 14.5. The zero-order valence-electron chi connectivity index (χ0n) is 14.5. The van der Waals surface area contributed by atoms with Gasteiger partial charge in [-0.2, -0.15) is 0 Å². The van der Waals surface area contributed by atoms with E-state index in [1.54, 1.807) is 42.5 Å². The molecule has 0 bridgehead atoms. The second kappa shape index (κ2) is 6.53. The van der Waals surface area contributed by atoms with Gasteiger partial charge in [0, 0.05) is 22.5 Å². The summed E-state index contributed by atoms with van der Waals surface area (Å²) in [7, 11) is 0. The lowest BCUT2D eigenvalue weighted by atomic mass is 10.1. The van der Waals surface area contributed by atoms with Crippen molar-refractivity contribution in [3.8, 4) is 0 Å². The van der Waals surface area contributed by atoms with Crippen molar-refractivity contribution in [3.05, 3.63) is 86.2 Å². The number of benzene rings is 2. The summed E-state index contributed by atoms with van der Waals surface area (Å²) in [6.45, 7) is 1.93. The summed E-state index contributed by atoms with van der Waals surface area (Å²) in [5.74, 6) is 0.0483. The molecule has 0 saturated heterocycles. The van der Waals surface area contributed by atoms with Crippen LogP contribution in [0, 0.1) is 6.92 Å². The van der Waals surface area contributed by atoms with Crippen LogP contribution < -0.4 is 16.4 Å². The largest absolute Gasteiger partial charge is 0.345 e. The van der Waals surface area contributed by atoms with Crippen LogP contribution in [0.15, 0.2) is 58.1 Å². The Balaban J connectivity index is 1.58. The molecule has 0 radical (unpaired) electrons. The Bertz CT molecular complexity index is 1300. The fraction of sp³-hybridized carbons (Fsp3) is 0.100. The molecule has 3 N–H and O–H groups in total. The van der Waals surface area contributed by atoms with Crippen LogP contribution in [-0.2, 0) is 6.54 Å². The van der Waals surface area contributed by atoms with Crippen LogP contribution in [0.1, 0.15) is 21.7 Å². The second-order valence-corrected chi connectivity index (χ2v) is 6.29. The average Bonchev–Trinajstić information content (AvgIpc) is 2.65. The zero-order chi connectivity index (χ0) is 19.0. The van der Waals surface area contributed by atoms with E-state index in [2.05, 4.69) is 20.3 Å². The summed E-state index contributed by atoms with van der Waals surface area (Å²) in [4.78, 5) is 45.9. The Morgan fingerprint density at radius 3 is 2.70 bits per heavy atom. The van der Waals surface area contributed by atoms with E-state index in [1.807, 2.05) is 6.92 Å². The van der Waals surface area contributed by atoms with Crippen molar-refractivity contribution in [2.45, 2.75) is 13.5 Å². The van der Waals surface area contributed by atoms with Gasteiger partial charge in [-0.1, -0.05) is 18.2 Å². The quantitative estimate of drug-likeness (QED) is 0.519. The number of carbonyl (C=O) groups is 1. The number of nitrogens with one attached hydrogen (secondary N) is 3. The summed E-state index contributed by atoms with van der Waals surface area (Å²) in [6, 6.07) is 13.7. The third-order valence-electron chi connectivity index (χ3n) is 4.39. The second-order valence-electron chi connectivity index (χ2n) is 6.29. The van der Waals surface area contributed by atoms with Crippen molar-refractivity contribution < 1.29 is 4.79 Å². The molecule has 2 aromatic carbocycles. The van der Waals surface area contributed by atoms with Crippen molar-refractivity contribution in [1.82, 2.24) is 20.3 Å². The Morgan fingerprint density at radius 1 is 1.04 bits per heavy atom. The number of aryl methyl sites for hydroxylation is 1. The molecule has 2 heterocycles. The lowest BCUT2D eigenvalue weighted by Gasteiger charge is -2.07. The van der Waals surface area contributed by atoms with Crippen LogP contribution in [0.3, 0.4) is 0 Å². The van der Waals surface area contributed by atoms with E-state index in [1.165, 1.54) is 6.07 Å². The third-order valence-corrected chi connectivity index (χ3v) is 4.39. The van der Waals surface area contributed by atoms with Gasteiger partial charge in [0.2, 0.25) is 5.56 Å². The summed E-state index contributed by atoms with van der Waals surface area (Å²) < 4.78 is 0. The van der Waals surface area contributed by atoms with Crippen molar-refractivity contribution in [2.75, 3.05) is 0 Å². The molecule has 0 unspecified atom stereocenters. The predicted molar refractivity (Wildman–Crippen MR) is 103 cm³/mol. The van der Waals surface area contributed by atoms with Crippen molar-refractivity contribution in [3.63, 3.8) is 0 Å². The molecule has 7 heteroatoms. The van der Waals surface area contributed by atoms with Crippen molar-refractivity contribution in [2.24, 2.45) is 0 Å². The third kappa shape index (κ3) is 3.22. The fourth-order valence-corrected chi connectivity index (χ4v) is 3.06. The Hall–Kier alpha value is -3.74. The molecule has 0 fully saturated rings. The smallest absolute Gasteiger partial charge is 0.258 e. The number of rotatable bonds is 3. The van der Waals surface area contributed by atoms with Gasteiger partial charge in [0.05, 0.1) is 17.4 Å².